The minimum absolute atomic E-state index is 0. The summed E-state index contributed by atoms with van der Waals surface area (Å²) in [6, 6.07) is 3.46. The molecule has 0 bridgehead atoms. The fourth-order valence-corrected chi connectivity index (χ4v) is 0.814. The largest absolute Gasteiger partial charge is 2.00 e. The fraction of sp³-hybridized carbons (Fsp3) is 0. The van der Waals surface area contributed by atoms with E-state index in [4.69, 9.17) is 14.0 Å². The molecule has 2 aromatic rings. The van der Waals surface area contributed by atoms with Crippen LogP contribution >= 0.6 is 0 Å². The monoisotopic (exact) mass is 490 g/mol. The number of nitrogens with zero attached hydrogens (tertiary/aromatic N) is 4. The smallest absolute Gasteiger partial charge is 0.740 e. The molecular formula is C11H6N4O3S2W. The summed E-state index contributed by atoms with van der Waals surface area (Å²) in [5, 5.41) is 0.810. The van der Waals surface area contributed by atoms with E-state index in [1.54, 1.807) is 36.9 Å². The molecule has 0 saturated carbocycles. The Labute approximate surface area is 147 Å². The van der Waals surface area contributed by atoms with E-state index in [2.05, 4.69) is 65.1 Å². The van der Waals surface area contributed by atoms with Crippen molar-refractivity contribution in [3.63, 3.8) is 0 Å². The van der Waals surface area contributed by atoms with Crippen molar-refractivity contribution in [1.82, 2.24) is 19.9 Å². The van der Waals surface area contributed by atoms with E-state index in [9.17, 15) is 0 Å². The van der Waals surface area contributed by atoms with Crippen LogP contribution in [0.25, 0.3) is 0 Å². The molecular weight excluding hydrogens is 484 g/mol. The maximum absolute atomic E-state index is 7.50. The summed E-state index contributed by atoms with van der Waals surface area (Å²) in [5.41, 5.74) is 0. The van der Waals surface area contributed by atoms with Crippen LogP contribution in [0.15, 0.2) is 47.2 Å². The Morgan fingerprint density at radius 1 is 0.619 bits per heavy atom. The molecule has 0 N–H and O–H groups in total. The topological polar surface area (TPSA) is 111 Å². The van der Waals surface area contributed by atoms with Crippen molar-refractivity contribution in [3.8, 4) is 0 Å². The van der Waals surface area contributed by atoms with Gasteiger partial charge in [-0.2, -0.15) is 0 Å². The van der Waals surface area contributed by atoms with E-state index in [1.165, 1.54) is 0 Å². The first-order valence-electron chi connectivity index (χ1n) is 4.28. The van der Waals surface area contributed by atoms with E-state index in [0.29, 0.717) is 10.3 Å². The molecule has 2 aromatic heterocycles. The average Bonchev–Trinajstić information content (AvgIpc) is 2.55. The third-order valence-corrected chi connectivity index (χ3v) is 1.51. The average molecular weight is 490 g/mol. The number of rotatable bonds is 0. The number of aromatic nitrogens is 4. The van der Waals surface area contributed by atoms with Gasteiger partial charge >= 0.3 is 55.0 Å². The quantitative estimate of drug-likeness (QED) is 0.232. The zero-order chi connectivity index (χ0) is 16.2. The zero-order valence-electron chi connectivity index (χ0n) is 10.2. The molecule has 10 heteroatoms. The number of hydrogen-bond acceptors (Lipinski definition) is 6. The normalized spacial score (nSPS) is 6.00. The molecule has 0 amide bonds. The molecule has 0 aliphatic rings. The minimum Gasteiger partial charge on any atom is -0.740 e. The number of hydrogen-bond donors (Lipinski definition) is 0. The standard InChI is InChI=1S/2C4H4N2S.3CO.W/c2*7-4-5-2-1-3-6-4;3*1-2;/h2*1-3H,(H,5,6,7);;;;/q;;;;;+2/p-2. The molecule has 2 heterocycles. The van der Waals surface area contributed by atoms with Crippen LogP contribution < -0.4 is 0 Å². The van der Waals surface area contributed by atoms with E-state index >= 15 is 0 Å². The van der Waals surface area contributed by atoms with Crippen LogP contribution in [0, 0.1) is 20.0 Å². The van der Waals surface area contributed by atoms with Crippen LogP contribution in [0.4, 0.5) is 0 Å². The minimum atomic E-state index is 0. The third-order valence-electron chi connectivity index (χ3n) is 1.08. The van der Waals surface area contributed by atoms with Crippen molar-refractivity contribution >= 4 is 25.3 Å². The molecule has 0 saturated heterocycles. The zero-order valence-corrected chi connectivity index (χ0v) is 14.8. The first-order valence-corrected chi connectivity index (χ1v) is 5.10. The van der Waals surface area contributed by atoms with Gasteiger partial charge in [0.05, 0.1) is 0 Å². The Morgan fingerprint density at radius 2 is 0.810 bits per heavy atom. The molecule has 0 fully saturated rings. The van der Waals surface area contributed by atoms with E-state index in [1.807, 2.05) is 0 Å². The molecule has 0 aliphatic heterocycles. The molecule has 0 aromatic carbocycles. The SMILES string of the molecule is [C-]#[O+].[C-]#[O+].[C-]#[O+].[S-]c1ncccn1.[S-]c1ncccn1.[W+2]. The Hall–Kier alpha value is -1.49. The van der Waals surface area contributed by atoms with Gasteiger partial charge in [-0.3, -0.25) is 19.9 Å². The van der Waals surface area contributed by atoms with E-state index in [-0.39, 0.29) is 21.1 Å². The second-order valence-electron chi connectivity index (χ2n) is 2.06. The maximum atomic E-state index is 7.50. The fourth-order valence-electron chi connectivity index (χ4n) is 0.571. The van der Waals surface area contributed by atoms with Crippen molar-refractivity contribution in [2.75, 3.05) is 0 Å². The Bertz CT molecular complexity index is 431. The summed E-state index contributed by atoms with van der Waals surface area (Å²) >= 11 is 9.18. The van der Waals surface area contributed by atoms with Gasteiger partial charge in [-0.05, 0) is 12.1 Å². The predicted molar refractivity (Wildman–Crippen MR) is 67.1 cm³/mol. The second-order valence-corrected chi connectivity index (χ2v) is 2.79. The molecule has 2 rings (SSSR count). The Balaban J connectivity index is -0.0000000984. The van der Waals surface area contributed by atoms with Crippen molar-refractivity contribution in [3.05, 3.63) is 56.9 Å². The summed E-state index contributed by atoms with van der Waals surface area (Å²) in [7, 11) is 0. The van der Waals surface area contributed by atoms with Gasteiger partial charge in [0.1, 0.15) is 0 Å². The summed E-state index contributed by atoms with van der Waals surface area (Å²) in [4.78, 5) is 14.7. The maximum Gasteiger partial charge on any atom is 2.00 e. The van der Waals surface area contributed by atoms with Gasteiger partial charge in [0, 0.05) is 35.1 Å². The van der Waals surface area contributed by atoms with Crippen molar-refractivity contribution < 1.29 is 35.0 Å². The molecule has 0 atom stereocenters. The van der Waals surface area contributed by atoms with Crippen LogP contribution in [0.2, 0.25) is 0 Å². The third kappa shape index (κ3) is 24.0. The first kappa shape index (κ1) is 27.8. The van der Waals surface area contributed by atoms with Crippen LogP contribution in [0.5, 0.6) is 0 Å². The molecule has 7 nitrogen and oxygen atoms in total. The van der Waals surface area contributed by atoms with Gasteiger partial charge in [0.15, 0.2) is 0 Å². The molecule has 21 heavy (non-hydrogen) atoms. The van der Waals surface area contributed by atoms with E-state index in [0.717, 1.165) is 0 Å². The van der Waals surface area contributed by atoms with Gasteiger partial charge in [0.25, 0.3) is 0 Å². The van der Waals surface area contributed by atoms with Crippen LogP contribution in [-0.2, 0) is 60.3 Å². The van der Waals surface area contributed by atoms with Gasteiger partial charge in [0.2, 0.25) is 0 Å². The van der Waals surface area contributed by atoms with E-state index < -0.39 is 0 Å². The molecule has 0 spiro atoms. The van der Waals surface area contributed by atoms with Gasteiger partial charge in [-0.15, -0.1) is 0 Å². The van der Waals surface area contributed by atoms with Gasteiger partial charge in [-0.25, -0.2) is 0 Å². The molecule has 0 unspecified atom stereocenters. The molecule has 0 radical (unpaired) electrons. The summed E-state index contributed by atoms with van der Waals surface area (Å²) in [6.45, 7) is 13.5. The summed E-state index contributed by atoms with van der Waals surface area (Å²) < 4.78 is 22.5. The van der Waals surface area contributed by atoms with Crippen LogP contribution in [0.1, 0.15) is 0 Å². The predicted octanol–water partition coefficient (Wildman–Crippen LogP) is 0.650. The van der Waals surface area contributed by atoms with Crippen molar-refractivity contribution in [2.45, 2.75) is 10.3 Å². The summed E-state index contributed by atoms with van der Waals surface area (Å²) in [5.74, 6) is 0. The summed E-state index contributed by atoms with van der Waals surface area (Å²) in [6.07, 6.45) is 6.48. The van der Waals surface area contributed by atoms with Crippen molar-refractivity contribution in [1.29, 1.82) is 0 Å². The van der Waals surface area contributed by atoms with Crippen molar-refractivity contribution in [2.24, 2.45) is 0 Å². The Morgan fingerprint density at radius 3 is 0.905 bits per heavy atom. The first-order chi connectivity index (χ1) is 9.79. The molecule has 106 valence electrons. The van der Waals surface area contributed by atoms with Gasteiger partial charge < -0.3 is 25.3 Å². The second kappa shape index (κ2) is 27.0. The Kier molecular flexibility index (Phi) is 35.7. The van der Waals surface area contributed by atoms with Gasteiger partial charge in [-0.1, -0.05) is 0 Å². The molecule has 0 aliphatic carbocycles. The van der Waals surface area contributed by atoms with Crippen LogP contribution in [0.3, 0.4) is 0 Å². The van der Waals surface area contributed by atoms with Crippen LogP contribution in [-0.4, -0.2) is 19.9 Å².